The zero-order valence-electron chi connectivity index (χ0n) is 16.2. The number of aryl methyl sites for hydroxylation is 1. The molecule has 0 spiro atoms. The van der Waals surface area contributed by atoms with Crippen molar-refractivity contribution < 1.29 is 9.47 Å². The van der Waals surface area contributed by atoms with Crippen LogP contribution in [0, 0.1) is 6.92 Å². The highest BCUT2D eigenvalue weighted by Crippen LogP contribution is 2.32. The van der Waals surface area contributed by atoms with Crippen molar-refractivity contribution in [3.8, 4) is 23.1 Å². The van der Waals surface area contributed by atoms with Crippen molar-refractivity contribution in [3.05, 3.63) is 89.7 Å². The maximum atomic E-state index is 6.22. The second kappa shape index (κ2) is 8.71. The molecule has 0 aliphatic heterocycles. The Morgan fingerprint density at radius 1 is 0.833 bits per heavy atom. The fraction of sp³-hybridized carbons (Fsp3) is 0.0435. The van der Waals surface area contributed by atoms with Gasteiger partial charge in [0.05, 0.1) is 0 Å². The van der Waals surface area contributed by atoms with Crippen LogP contribution in [0.25, 0.3) is 0 Å². The number of hydrogen-bond donors (Lipinski definition) is 2. The maximum Gasteiger partial charge on any atom is 0.248 e. The molecule has 3 aromatic carbocycles. The van der Waals surface area contributed by atoms with Crippen LogP contribution < -0.4 is 20.5 Å². The molecule has 0 atom stereocenters. The summed E-state index contributed by atoms with van der Waals surface area (Å²) in [6.45, 7) is 1.90. The van der Waals surface area contributed by atoms with E-state index in [0.29, 0.717) is 22.3 Å². The molecular formula is C23H19ClN4O2. The van der Waals surface area contributed by atoms with Gasteiger partial charge in [0.15, 0.2) is 5.82 Å². The van der Waals surface area contributed by atoms with Gasteiger partial charge in [0, 0.05) is 10.7 Å². The van der Waals surface area contributed by atoms with E-state index in [4.69, 9.17) is 26.8 Å². The minimum Gasteiger partial charge on any atom is -0.457 e. The van der Waals surface area contributed by atoms with Crippen molar-refractivity contribution in [1.29, 1.82) is 0 Å². The van der Waals surface area contributed by atoms with Gasteiger partial charge in [-0.15, -0.1) is 0 Å². The van der Waals surface area contributed by atoms with E-state index in [0.717, 1.165) is 22.7 Å². The average Bonchev–Trinajstić information content (AvgIpc) is 2.76. The SMILES string of the molecule is Cc1cc(Oc2ncnc(Nc3ccc(Oc4ccccc4)cc3)c2N)ccc1Cl. The number of para-hydroxylation sites is 1. The van der Waals surface area contributed by atoms with Crippen LogP contribution in [-0.2, 0) is 0 Å². The Kier molecular flexibility index (Phi) is 5.68. The smallest absolute Gasteiger partial charge is 0.248 e. The lowest BCUT2D eigenvalue weighted by Crippen LogP contribution is -2.03. The highest BCUT2D eigenvalue weighted by Gasteiger charge is 2.11. The third kappa shape index (κ3) is 4.61. The Morgan fingerprint density at radius 2 is 1.53 bits per heavy atom. The predicted molar refractivity (Wildman–Crippen MR) is 119 cm³/mol. The molecule has 0 aliphatic carbocycles. The van der Waals surface area contributed by atoms with E-state index in [1.807, 2.05) is 67.6 Å². The summed E-state index contributed by atoms with van der Waals surface area (Å²) in [7, 11) is 0. The summed E-state index contributed by atoms with van der Waals surface area (Å²) in [6, 6.07) is 22.4. The first-order valence-corrected chi connectivity index (χ1v) is 9.61. The van der Waals surface area contributed by atoms with Crippen molar-refractivity contribution >= 4 is 28.8 Å². The first kappa shape index (κ1) is 19.5. The number of anilines is 3. The van der Waals surface area contributed by atoms with Gasteiger partial charge in [0.2, 0.25) is 5.88 Å². The number of ether oxygens (including phenoxy) is 2. The van der Waals surface area contributed by atoms with Crippen LogP contribution in [0.3, 0.4) is 0 Å². The number of nitrogens with one attached hydrogen (secondary N) is 1. The standard InChI is InChI=1S/C23H19ClN4O2/c1-15-13-19(11-12-20(15)24)30-23-21(25)22(26-14-27-23)28-16-7-9-18(10-8-16)29-17-5-3-2-4-6-17/h2-14H,25H2,1H3,(H,26,27,28). The number of nitrogen functional groups attached to an aromatic ring is 1. The molecule has 7 heteroatoms. The van der Waals surface area contributed by atoms with Gasteiger partial charge in [0.1, 0.15) is 29.3 Å². The fourth-order valence-corrected chi connectivity index (χ4v) is 2.84. The molecule has 1 aromatic heterocycles. The number of hydrogen-bond acceptors (Lipinski definition) is 6. The second-order valence-corrected chi connectivity index (χ2v) is 6.93. The molecule has 0 fully saturated rings. The number of nitrogens with two attached hydrogens (primary N) is 1. The molecule has 0 saturated heterocycles. The molecule has 150 valence electrons. The lowest BCUT2D eigenvalue weighted by molar-refractivity contribution is 0.464. The number of rotatable bonds is 6. The Hall–Kier alpha value is -3.77. The summed E-state index contributed by atoms with van der Waals surface area (Å²) < 4.78 is 11.6. The van der Waals surface area contributed by atoms with Gasteiger partial charge in [-0.25, -0.2) is 4.98 Å². The summed E-state index contributed by atoms with van der Waals surface area (Å²) in [5, 5.41) is 3.84. The number of halogens is 1. The van der Waals surface area contributed by atoms with Crippen LogP contribution in [0.4, 0.5) is 17.2 Å². The lowest BCUT2D eigenvalue weighted by atomic mass is 10.2. The molecule has 30 heavy (non-hydrogen) atoms. The molecular weight excluding hydrogens is 400 g/mol. The minimum atomic E-state index is 0.262. The summed E-state index contributed by atoms with van der Waals surface area (Å²) in [5.74, 6) is 2.80. The van der Waals surface area contributed by atoms with Crippen LogP contribution in [0.1, 0.15) is 5.56 Å². The summed E-state index contributed by atoms with van der Waals surface area (Å²) in [4.78, 5) is 8.36. The summed E-state index contributed by atoms with van der Waals surface area (Å²) in [6.07, 6.45) is 1.39. The van der Waals surface area contributed by atoms with Crippen molar-refractivity contribution in [1.82, 2.24) is 9.97 Å². The maximum absolute atomic E-state index is 6.22. The van der Waals surface area contributed by atoms with Crippen LogP contribution in [-0.4, -0.2) is 9.97 Å². The van der Waals surface area contributed by atoms with E-state index in [9.17, 15) is 0 Å². The van der Waals surface area contributed by atoms with Crippen LogP contribution in [0.5, 0.6) is 23.1 Å². The third-order valence-electron chi connectivity index (χ3n) is 4.29. The van der Waals surface area contributed by atoms with Gasteiger partial charge < -0.3 is 20.5 Å². The lowest BCUT2D eigenvalue weighted by Gasteiger charge is -2.13. The summed E-state index contributed by atoms with van der Waals surface area (Å²) in [5.41, 5.74) is 8.22. The van der Waals surface area contributed by atoms with Crippen LogP contribution in [0.15, 0.2) is 79.1 Å². The molecule has 0 bridgehead atoms. The number of aromatic nitrogens is 2. The largest absolute Gasteiger partial charge is 0.457 e. The molecule has 1 heterocycles. The number of benzene rings is 3. The van der Waals surface area contributed by atoms with Crippen molar-refractivity contribution in [2.24, 2.45) is 0 Å². The van der Waals surface area contributed by atoms with Crippen molar-refractivity contribution in [3.63, 3.8) is 0 Å². The van der Waals surface area contributed by atoms with Crippen molar-refractivity contribution in [2.45, 2.75) is 6.92 Å². The third-order valence-corrected chi connectivity index (χ3v) is 4.71. The molecule has 4 rings (SSSR count). The van der Waals surface area contributed by atoms with E-state index in [1.165, 1.54) is 6.33 Å². The first-order chi connectivity index (χ1) is 14.6. The highest BCUT2D eigenvalue weighted by molar-refractivity contribution is 6.31. The van der Waals surface area contributed by atoms with Gasteiger partial charge in [-0.05, 0) is 67.1 Å². The van der Waals surface area contributed by atoms with Crippen LogP contribution >= 0.6 is 11.6 Å². The Balaban J connectivity index is 1.48. The topological polar surface area (TPSA) is 82.3 Å². The predicted octanol–water partition coefficient (Wildman–Crippen LogP) is 6.35. The van der Waals surface area contributed by atoms with E-state index in [1.54, 1.807) is 12.1 Å². The van der Waals surface area contributed by atoms with E-state index in [2.05, 4.69) is 15.3 Å². The molecule has 3 N–H and O–H groups in total. The van der Waals surface area contributed by atoms with Gasteiger partial charge in [-0.3, -0.25) is 0 Å². The zero-order chi connectivity index (χ0) is 20.9. The molecule has 0 radical (unpaired) electrons. The van der Waals surface area contributed by atoms with Gasteiger partial charge in [-0.1, -0.05) is 29.8 Å². The molecule has 0 aliphatic rings. The highest BCUT2D eigenvalue weighted by atomic mass is 35.5. The van der Waals surface area contributed by atoms with Gasteiger partial charge in [-0.2, -0.15) is 4.98 Å². The number of nitrogens with zero attached hydrogens (tertiary/aromatic N) is 2. The van der Waals surface area contributed by atoms with Crippen LogP contribution in [0.2, 0.25) is 5.02 Å². The van der Waals surface area contributed by atoms with E-state index >= 15 is 0 Å². The molecule has 6 nitrogen and oxygen atoms in total. The second-order valence-electron chi connectivity index (χ2n) is 6.52. The molecule has 0 amide bonds. The minimum absolute atomic E-state index is 0.262. The Morgan fingerprint density at radius 3 is 2.27 bits per heavy atom. The fourth-order valence-electron chi connectivity index (χ4n) is 2.72. The Labute approximate surface area is 179 Å². The first-order valence-electron chi connectivity index (χ1n) is 9.23. The quantitative estimate of drug-likeness (QED) is 0.379. The van der Waals surface area contributed by atoms with Gasteiger partial charge >= 0.3 is 0 Å². The monoisotopic (exact) mass is 418 g/mol. The normalized spacial score (nSPS) is 10.5. The molecule has 0 saturated carbocycles. The molecule has 0 unspecified atom stereocenters. The summed E-state index contributed by atoms with van der Waals surface area (Å²) >= 11 is 6.06. The zero-order valence-corrected chi connectivity index (χ0v) is 16.9. The van der Waals surface area contributed by atoms with E-state index < -0.39 is 0 Å². The van der Waals surface area contributed by atoms with Gasteiger partial charge in [0.25, 0.3) is 0 Å². The average molecular weight is 419 g/mol. The molecule has 4 aromatic rings. The Bertz CT molecular complexity index is 1150. The van der Waals surface area contributed by atoms with Crippen molar-refractivity contribution in [2.75, 3.05) is 11.1 Å². The van der Waals surface area contributed by atoms with E-state index in [-0.39, 0.29) is 5.88 Å².